The highest BCUT2D eigenvalue weighted by molar-refractivity contribution is 5.37. The van der Waals surface area contributed by atoms with Crippen molar-refractivity contribution < 1.29 is 0 Å². The molecule has 0 saturated heterocycles. The lowest BCUT2D eigenvalue weighted by Crippen LogP contribution is -2.27. The van der Waals surface area contributed by atoms with E-state index in [9.17, 15) is 0 Å². The lowest BCUT2D eigenvalue weighted by Gasteiger charge is -2.38. The van der Waals surface area contributed by atoms with Crippen LogP contribution in [-0.4, -0.2) is 0 Å². The van der Waals surface area contributed by atoms with Gasteiger partial charge in [-0.2, -0.15) is 0 Å². The van der Waals surface area contributed by atoms with Gasteiger partial charge in [-0.25, -0.2) is 0 Å². The minimum Gasteiger partial charge on any atom is -0.0992 e. The summed E-state index contributed by atoms with van der Waals surface area (Å²) in [6, 6.07) is 0. The number of rotatable bonds is 10. The van der Waals surface area contributed by atoms with E-state index < -0.39 is 0 Å². The zero-order valence-corrected chi connectivity index (χ0v) is 27.1. The fourth-order valence-electron chi connectivity index (χ4n) is 5.84. The number of hydrogen-bond acceptors (Lipinski definition) is 0. The Morgan fingerprint density at radius 3 is 1.73 bits per heavy atom. The van der Waals surface area contributed by atoms with Crippen molar-refractivity contribution in [1.29, 1.82) is 0 Å². The summed E-state index contributed by atoms with van der Waals surface area (Å²) in [6.07, 6.45) is 38.2. The van der Waals surface area contributed by atoms with Crippen molar-refractivity contribution in [2.45, 2.75) is 101 Å². The first-order chi connectivity index (χ1) is 18.8. The van der Waals surface area contributed by atoms with E-state index in [-0.39, 0.29) is 5.41 Å². The first-order valence-electron chi connectivity index (χ1n) is 15.3. The van der Waals surface area contributed by atoms with Gasteiger partial charge in [0.05, 0.1) is 0 Å². The molecule has 216 valence electrons. The summed E-state index contributed by atoms with van der Waals surface area (Å²) in [5, 5.41) is 0. The first kappa shape index (κ1) is 33.3. The maximum atomic E-state index is 4.34. The average molecular weight is 537 g/mol. The van der Waals surface area contributed by atoms with Crippen LogP contribution >= 0.6 is 0 Å². The molecule has 1 unspecified atom stereocenters. The van der Waals surface area contributed by atoms with Crippen LogP contribution < -0.4 is 0 Å². The minimum atomic E-state index is 0.290. The molecule has 40 heavy (non-hydrogen) atoms. The number of allylic oxidation sites excluding steroid dienone is 21. The fourth-order valence-corrected chi connectivity index (χ4v) is 5.84. The Bertz CT molecular complexity index is 1180. The first-order valence-corrected chi connectivity index (χ1v) is 15.3. The third kappa shape index (κ3) is 11.3. The zero-order valence-electron chi connectivity index (χ0n) is 27.1. The molecular formula is C40H56. The van der Waals surface area contributed by atoms with E-state index in [2.05, 4.69) is 154 Å². The molecule has 2 aliphatic carbocycles. The molecule has 0 nitrogen and oxygen atoms in total. The molecular weight excluding hydrogens is 480 g/mol. The maximum Gasteiger partial charge on any atom is 0.00285 e. The van der Waals surface area contributed by atoms with Crippen LogP contribution in [0.3, 0.4) is 0 Å². The van der Waals surface area contributed by atoms with Crippen molar-refractivity contribution in [2.24, 2.45) is 16.7 Å². The summed E-state index contributed by atoms with van der Waals surface area (Å²) in [7, 11) is 0. The summed E-state index contributed by atoms with van der Waals surface area (Å²) < 4.78 is 0. The molecule has 0 N–H and O–H groups in total. The van der Waals surface area contributed by atoms with Gasteiger partial charge in [0.15, 0.2) is 0 Å². The molecule has 0 aliphatic heterocycles. The quantitative estimate of drug-likeness (QED) is 0.192. The molecule has 2 aliphatic rings. The van der Waals surface area contributed by atoms with Crippen LogP contribution in [0.25, 0.3) is 0 Å². The molecule has 0 radical (unpaired) electrons. The Morgan fingerprint density at radius 1 is 0.675 bits per heavy atom. The van der Waals surface area contributed by atoms with Crippen LogP contribution in [0, 0.1) is 16.7 Å². The van der Waals surface area contributed by atoms with Gasteiger partial charge in [0.1, 0.15) is 0 Å². The summed E-state index contributed by atoms with van der Waals surface area (Å²) in [6.45, 7) is 24.7. The molecule has 2 rings (SSSR count). The molecule has 0 heterocycles. The van der Waals surface area contributed by atoms with Crippen LogP contribution in [-0.2, 0) is 0 Å². The van der Waals surface area contributed by atoms with Gasteiger partial charge in [-0.3, -0.25) is 0 Å². The van der Waals surface area contributed by atoms with Crippen LogP contribution in [0.4, 0.5) is 0 Å². The molecule has 1 atom stereocenters. The zero-order chi connectivity index (χ0) is 29.8. The van der Waals surface area contributed by atoms with Crippen molar-refractivity contribution in [1.82, 2.24) is 0 Å². The predicted octanol–water partition coefficient (Wildman–Crippen LogP) is 12.5. The highest BCUT2D eigenvalue weighted by atomic mass is 14.4. The van der Waals surface area contributed by atoms with E-state index in [1.54, 1.807) is 5.57 Å². The monoisotopic (exact) mass is 536 g/mol. The van der Waals surface area contributed by atoms with Gasteiger partial charge in [0, 0.05) is 5.92 Å². The Morgan fingerprint density at radius 2 is 1.18 bits per heavy atom. The summed E-state index contributed by atoms with van der Waals surface area (Å²) >= 11 is 0. The smallest absolute Gasteiger partial charge is 0.00285 e. The molecule has 0 spiro atoms. The van der Waals surface area contributed by atoms with Gasteiger partial charge in [-0.1, -0.05) is 153 Å². The van der Waals surface area contributed by atoms with Crippen LogP contribution in [0.5, 0.6) is 0 Å². The van der Waals surface area contributed by atoms with Crippen molar-refractivity contribution in [2.75, 3.05) is 0 Å². The second-order valence-corrected chi connectivity index (χ2v) is 13.3. The van der Waals surface area contributed by atoms with Crippen LogP contribution in [0.1, 0.15) is 101 Å². The second-order valence-electron chi connectivity index (χ2n) is 13.3. The van der Waals surface area contributed by atoms with Crippen molar-refractivity contribution in [3.05, 3.63) is 131 Å². The van der Waals surface area contributed by atoms with Crippen molar-refractivity contribution >= 4 is 0 Å². The molecule has 0 aromatic rings. The lowest BCUT2D eigenvalue weighted by molar-refractivity contribution is 0.228. The Labute approximate surface area is 247 Å². The summed E-state index contributed by atoms with van der Waals surface area (Å²) in [5.74, 6) is 0.477. The van der Waals surface area contributed by atoms with E-state index >= 15 is 0 Å². The average Bonchev–Trinajstić information content (AvgIpc) is 2.85. The Kier molecular flexibility index (Phi) is 13.2. The topological polar surface area (TPSA) is 0 Å². The molecule has 0 heteroatoms. The summed E-state index contributed by atoms with van der Waals surface area (Å²) in [5.41, 5.74) is 10.0. The van der Waals surface area contributed by atoms with Gasteiger partial charge in [0.25, 0.3) is 0 Å². The molecule has 0 aromatic carbocycles. The van der Waals surface area contributed by atoms with E-state index in [1.807, 2.05) is 0 Å². The van der Waals surface area contributed by atoms with Gasteiger partial charge in [0.2, 0.25) is 0 Å². The standard InChI is InChI=1S/C40H56/c1-31(19-13-21-33(3)25-27-37-35(5)23-15-29-39(37,7)8)17-11-12-18-32(2)20-14-22-34(4)26-28-38-36(6)24-16-30-40(38,9)10/h11-14,17-22,25-28,37H,5,15-16,23-24,29-30H2,1-4,6-10H3/b12-11+,19-13+,20-14+,27-25+,28-26+,31-17+,32-18+,33-21+,34-22+. The Hall–Kier alpha value is -2.86. The lowest BCUT2D eigenvalue weighted by atomic mass is 9.66. The Balaban J connectivity index is 1.87. The van der Waals surface area contributed by atoms with Crippen molar-refractivity contribution in [3.63, 3.8) is 0 Å². The highest BCUT2D eigenvalue weighted by Gasteiger charge is 2.32. The van der Waals surface area contributed by atoms with E-state index in [0.717, 1.165) is 6.42 Å². The third-order valence-corrected chi connectivity index (χ3v) is 8.47. The molecule has 1 saturated carbocycles. The molecule has 0 aromatic heterocycles. The SMILES string of the molecule is C=C1CCCC(C)(C)C1/C=C/C(C)=C/C=C/C(C)=C/C=C/C=C(C)/C=C/C=C(C)/C=C/C1=C(C)CCCC1(C)C. The van der Waals surface area contributed by atoms with Gasteiger partial charge >= 0.3 is 0 Å². The predicted molar refractivity (Wildman–Crippen MR) is 181 cm³/mol. The second kappa shape index (κ2) is 15.8. The van der Waals surface area contributed by atoms with Gasteiger partial charge < -0.3 is 0 Å². The minimum absolute atomic E-state index is 0.290. The fraction of sp³-hybridized carbons (Fsp3) is 0.450. The normalized spacial score (nSPS) is 23.7. The van der Waals surface area contributed by atoms with E-state index in [0.29, 0.717) is 11.3 Å². The molecule has 0 bridgehead atoms. The summed E-state index contributed by atoms with van der Waals surface area (Å²) in [4.78, 5) is 0. The molecule has 0 amide bonds. The van der Waals surface area contributed by atoms with Crippen molar-refractivity contribution in [3.8, 4) is 0 Å². The maximum absolute atomic E-state index is 4.34. The van der Waals surface area contributed by atoms with E-state index in [4.69, 9.17) is 0 Å². The van der Waals surface area contributed by atoms with Gasteiger partial charge in [-0.05, 0) is 89.5 Å². The molecule has 1 fully saturated rings. The van der Waals surface area contributed by atoms with E-state index in [1.165, 1.54) is 65.5 Å². The van der Waals surface area contributed by atoms with Gasteiger partial charge in [-0.15, -0.1) is 0 Å². The highest BCUT2D eigenvalue weighted by Crippen LogP contribution is 2.44. The largest absolute Gasteiger partial charge is 0.0992 e. The van der Waals surface area contributed by atoms with Crippen LogP contribution in [0.15, 0.2) is 131 Å². The third-order valence-electron chi connectivity index (χ3n) is 8.47. The number of hydrogen-bond donors (Lipinski definition) is 0. The van der Waals surface area contributed by atoms with Crippen LogP contribution in [0.2, 0.25) is 0 Å².